The van der Waals surface area contributed by atoms with Gasteiger partial charge in [0, 0.05) is 31.6 Å². The van der Waals surface area contributed by atoms with E-state index in [4.69, 9.17) is 10.9 Å². The number of hydrogen-bond donors (Lipinski definition) is 2. The maximum atomic E-state index is 8.43. The summed E-state index contributed by atoms with van der Waals surface area (Å²) in [5.74, 6) is 0.329. The number of hydrogen-bond acceptors (Lipinski definition) is 4. The molecule has 1 fully saturated rings. The second-order valence-electron chi connectivity index (χ2n) is 4.82. The van der Waals surface area contributed by atoms with Crippen molar-refractivity contribution in [2.24, 2.45) is 10.9 Å². The fourth-order valence-electron chi connectivity index (χ4n) is 2.23. The minimum Gasteiger partial charge on any atom is -0.409 e. The van der Waals surface area contributed by atoms with Crippen LogP contribution in [0.2, 0.25) is 0 Å². The molecule has 0 amide bonds. The van der Waals surface area contributed by atoms with Gasteiger partial charge in [0.25, 0.3) is 0 Å². The first-order valence-electron chi connectivity index (χ1n) is 5.95. The normalized spacial score (nSPS) is 29.6. The molecule has 2 unspecified atom stereocenters. The van der Waals surface area contributed by atoms with Gasteiger partial charge in [0.15, 0.2) is 0 Å². The molecule has 0 aromatic rings. The Morgan fingerprint density at radius 1 is 1.38 bits per heavy atom. The molecule has 1 saturated heterocycles. The summed E-state index contributed by atoms with van der Waals surface area (Å²) in [6.07, 6.45) is 1.63. The van der Waals surface area contributed by atoms with Crippen molar-refractivity contribution in [2.75, 3.05) is 26.7 Å². The molecule has 0 spiro atoms. The molecular weight excluding hydrogens is 204 g/mol. The van der Waals surface area contributed by atoms with E-state index in [9.17, 15) is 0 Å². The Kier molecular flexibility index (Phi) is 5.02. The average Bonchev–Trinajstić information content (AvgIpc) is 2.25. The van der Waals surface area contributed by atoms with Gasteiger partial charge in [-0.15, -0.1) is 0 Å². The van der Waals surface area contributed by atoms with Crippen LogP contribution in [-0.4, -0.2) is 59.6 Å². The van der Waals surface area contributed by atoms with Gasteiger partial charge in [-0.3, -0.25) is 4.90 Å². The molecule has 1 aliphatic heterocycles. The van der Waals surface area contributed by atoms with Crippen molar-refractivity contribution in [2.45, 2.75) is 38.8 Å². The van der Waals surface area contributed by atoms with E-state index in [0.717, 1.165) is 26.1 Å². The predicted molar refractivity (Wildman–Crippen MR) is 65.8 cm³/mol. The van der Waals surface area contributed by atoms with Crippen LogP contribution in [0, 0.1) is 0 Å². The third-order valence-corrected chi connectivity index (χ3v) is 3.47. The minimum absolute atomic E-state index is 0.329. The predicted octanol–water partition coefficient (Wildman–Crippen LogP) is 0.537. The standard InChI is InChI=1S/C11H24N4O/c1-9-7-15(8-10(2)14(9)3)6-4-5-11(12)13-16/h9-10,16H,4-8H2,1-3H3,(H2,12,13). The lowest BCUT2D eigenvalue weighted by molar-refractivity contribution is 0.0598. The monoisotopic (exact) mass is 228 g/mol. The Hall–Kier alpha value is -0.810. The van der Waals surface area contributed by atoms with Crippen molar-refractivity contribution in [3.05, 3.63) is 0 Å². The van der Waals surface area contributed by atoms with Gasteiger partial charge >= 0.3 is 0 Å². The van der Waals surface area contributed by atoms with Crippen molar-refractivity contribution in [1.29, 1.82) is 0 Å². The molecule has 3 N–H and O–H groups in total. The van der Waals surface area contributed by atoms with Crippen LogP contribution in [0.4, 0.5) is 0 Å². The van der Waals surface area contributed by atoms with Gasteiger partial charge in [0.2, 0.25) is 0 Å². The van der Waals surface area contributed by atoms with Crippen molar-refractivity contribution in [3.63, 3.8) is 0 Å². The van der Waals surface area contributed by atoms with E-state index in [1.165, 1.54) is 0 Å². The molecule has 94 valence electrons. The van der Waals surface area contributed by atoms with Crippen LogP contribution >= 0.6 is 0 Å². The average molecular weight is 228 g/mol. The summed E-state index contributed by atoms with van der Waals surface area (Å²) in [5.41, 5.74) is 5.44. The maximum absolute atomic E-state index is 8.43. The molecule has 0 bridgehead atoms. The molecule has 0 radical (unpaired) electrons. The first-order valence-corrected chi connectivity index (χ1v) is 5.95. The third kappa shape index (κ3) is 3.64. The van der Waals surface area contributed by atoms with E-state index >= 15 is 0 Å². The first kappa shape index (κ1) is 13.3. The minimum atomic E-state index is 0.329. The van der Waals surface area contributed by atoms with Gasteiger partial charge in [-0.2, -0.15) is 0 Å². The van der Waals surface area contributed by atoms with Crippen molar-refractivity contribution >= 4 is 5.84 Å². The zero-order valence-corrected chi connectivity index (χ0v) is 10.6. The van der Waals surface area contributed by atoms with Crippen LogP contribution in [0.15, 0.2) is 5.16 Å². The van der Waals surface area contributed by atoms with E-state index < -0.39 is 0 Å². The maximum Gasteiger partial charge on any atom is 0.139 e. The highest BCUT2D eigenvalue weighted by Crippen LogP contribution is 2.13. The van der Waals surface area contributed by atoms with Gasteiger partial charge in [-0.1, -0.05) is 5.16 Å². The summed E-state index contributed by atoms with van der Waals surface area (Å²) in [7, 11) is 2.18. The summed E-state index contributed by atoms with van der Waals surface area (Å²) >= 11 is 0. The van der Waals surface area contributed by atoms with Gasteiger partial charge in [0.05, 0.1) is 0 Å². The molecule has 5 nitrogen and oxygen atoms in total. The largest absolute Gasteiger partial charge is 0.409 e. The van der Waals surface area contributed by atoms with Crippen LogP contribution in [0.3, 0.4) is 0 Å². The van der Waals surface area contributed by atoms with Gasteiger partial charge in [0.1, 0.15) is 5.84 Å². The molecule has 0 aromatic carbocycles. The molecule has 0 aliphatic carbocycles. The second-order valence-corrected chi connectivity index (χ2v) is 4.82. The van der Waals surface area contributed by atoms with Crippen LogP contribution in [0.5, 0.6) is 0 Å². The number of piperazine rings is 1. The number of oxime groups is 1. The Labute approximate surface area is 97.9 Å². The molecule has 5 heteroatoms. The van der Waals surface area contributed by atoms with E-state index in [2.05, 4.69) is 35.9 Å². The summed E-state index contributed by atoms with van der Waals surface area (Å²) in [6, 6.07) is 1.21. The SMILES string of the molecule is CC1CN(CCCC(N)=NO)CC(C)N1C. The van der Waals surface area contributed by atoms with Gasteiger partial charge < -0.3 is 15.8 Å². The van der Waals surface area contributed by atoms with Crippen LogP contribution < -0.4 is 5.73 Å². The molecule has 1 heterocycles. The number of nitrogens with zero attached hydrogens (tertiary/aromatic N) is 3. The first-order chi connectivity index (χ1) is 7.54. The number of nitrogens with two attached hydrogens (primary N) is 1. The summed E-state index contributed by atoms with van der Waals surface area (Å²) in [4.78, 5) is 4.88. The number of amidine groups is 1. The third-order valence-electron chi connectivity index (χ3n) is 3.47. The van der Waals surface area contributed by atoms with Crippen molar-refractivity contribution < 1.29 is 5.21 Å². The fourth-order valence-corrected chi connectivity index (χ4v) is 2.23. The number of likely N-dealkylation sites (N-methyl/N-ethyl adjacent to an activating group) is 1. The lowest BCUT2D eigenvalue weighted by Gasteiger charge is -2.42. The van der Waals surface area contributed by atoms with Crippen LogP contribution in [0.25, 0.3) is 0 Å². The Morgan fingerprint density at radius 3 is 2.44 bits per heavy atom. The lowest BCUT2D eigenvalue weighted by Crippen LogP contribution is -2.54. The lowest BCUT2D eigenvalue weighted by atomic mass is 10.1. The van der Waals surface area contributed by atoms with E-state index in [1.54, 1.807) is 0 Å². The molecule has 16 heavy (non-hydrogen) atoms. The highest BCUT2D eigenvalue weighted by atomic mass is 16.4. The molecule has 1 aliphatic rings. The van der Waals surface area contributed by atoms with Crippen LogP contribution in [-0.2, 0) is 0 Å². The Bertz CT molecular complexity index is 232. The topological polar surface area (TPSA) is 65.1 Å². The van der Waals surface area contributed by atoms with Crippen molar-refractivity contribution in [1.82, 2.24) is 9.80 Å². The van der Waals surface area contributed by atoms with E-state index in [0.29, 0.717) is 24.3 Å². The Morgan fingerprint density at radius 2 is 1.94 bits per heavy atom. The highest BCUT2D eigenvalue weighted by Gasteiger charge is 2.25. The molecule has 0 saturated carbocycles. The zero-order valence-electron chi connectivity index (χ0n) is 10.6. The summed E-state index contributed by atoms with van der Waals surface area (Å²) in [6.45, 7) is 7.76. The molecule has 0 aromatic heterocycles. The van der Waals surface area contributed by atoms with Gasteiger partial charge in [-0.05, 0) is 33.9 Å². The summed E-state index contributed by atoms with van der Waals surface area (Å²) < 4.78 is 0. The van der Waals surface area contributed by atoms with E-state index in [1.807, 2.05) is 0 Å². The molecule has 1 rings (SSSR count). The summed E-state index contributed by atoms with van der Waals surface area (Å²) in [5, 5.41) is 11.4. The smallest absolute Gasteiger partial charge is 0.139 e. The molecular formula is C11H24N4O. The zero-order chi connectivity index (χ0) is 12.1. The fraction of sp³-hybridized carbons (Fsp3) is 0.909. The quantitative estimate of drug-likeness (QED) is 0.319. The van der Waals surface area contributed by atoms with Crippen molar-refractivity contribution in [3.8, 4) is 0 Å². The number of rotatable bonds is 4. The van der Waals surface area contributed by atoms with E-state index in [-0.39, 0.29) is 0 Å². The Balaban J connectivity index is 2.28. The molecule has 2 atom stereocenters. The van der Waals surface area contributed by atoms with Crippen LogP contribution in [0.1, 0.15) is 26.7 Å². The second kappa shape index (κ2) is 6.06. The highest BCUT2D eigenvalue weighted by molar-refractivity contribution is 5.79. The van der Waals surface area contributed by atoms with Gasteiger partial charge in [-0.25, -0.2) is 0 Å².